The van der Waals surface area contributed by atoms with Gasteiger partial charge in [0.1, 0.15) is 34.8 Å². The fourth-order valence-electron chi connectivity index (χ4n) is 5.29. The Bertz CT molecular complexity index is 1760. The molecule has 0 unspecified atom stereocenters. The summed E-state index contributed by atoms with van der Waals surface area (Å²) in [5.74, 6) is 0.777. The number of pyridine rings is 1. The van der Waals surface area contributed by atoms with E-state index in [4.69, 9.17) is 9.47 Å². The number of nitriles is 1. The summed E-state index contributed by atoms with van der Waals surface area (Å²) in [5.41, 5.74) is 1.33. The number of nitrogens with one attached hydrogen (secondary N) is 1. The highest BCUT2D eigenvalue weighted by molar-refractivity contribution is 5.95. The molecule has 1 saturated heterocycles. The summed E-state index contributed by atoms with van der Waals surface area (Å²) in [4.78, 5) is 33.8. The van der Waals surface area contributed by atoms with E-state index in [-0.39, 0.29) is 17.2 Å². The van der Waals surface area contributed by atoms with E-state index in [2.05, 4.69) is 15.2 Å². The van der Waals surface area contributed by atoms with Crippen molar-refractivity contribution in [1.29, 1.82) is 5.26 Å². The van der Waals surface area contributed by atoms with Gasteiger partial charge in [0.25, 0.3) is 11.5 Å². The van der Waals surface area contributed by atoms with Crippen molar-refractivity contribution >= 4 is 22.5 Å². The van der Waals surface area contributed by atoms with Gasteiger partial charge < -0.3 is 19.3 Å². The molecule has 0 bridgehead atoms. The number of carbonyl (C=O) groups excluding carboxylic acids is 1. The van der Waals surface area contributed by atoms with Gasteiger partial charge in [-0.25, -0.2) is 14.5 Å². The first-order chi connectivity index (χ1) is 20.4. The monoisotopic (exact) mass is 568 g/mol. The van der Waals surface area contributed by atoms with Crippen LogP contribution in [-0.2, 0) is 6.42 Å². The molecule has 0 spiro atoms. The smallest absolute Gasteiger partial charge is 0.272 e. The maximum absolute atomic E-state index is 14.9. The van der Waals surface area contributed by atoms with E-state index >= 15 is 0 Å². The Morgan fingerprint density at radius 2 is 1.93 bits per heavy atom. The number of hydrogen-bond acceptors (Lipinski definition) is 8. The van der Waals surface area contributed by atoms with Crippen LogP contribution < -0.4 is 19.9 Å². The van der Waals surface area contributed by atoms with Crippen LogP contribution >= 0.6 is 0 Å². The van der Waals surface area contributed by atoms with Gasteiger partial charge in [-0.05, 0) is 55.2 Å². The molecule has 214 valence electrons. The first-order valence-electron chi connectivity index (χ1n) is 13.9. The number of hydrogen-bond donors (Lipinski definition) is 1. The van der Waals surface area contributed by atoms with E-state index in [1.165, 1.54) is 19.4 Å². The first kappa shape index (κ1) is 27.2. The molecule has 11 heteroatoms. The summed E-state index contributed by atoms with van der Waals surface area (Å²) in [6, 6.07) is 13.6. The maximum Gasteiger partial charge on any atom is 0.272 e. The lowest BCUT2D eigenvalue weighted by Gasteiger charge is -2.35. The summed E-state index contributed by atoms with van der Waals surface area (Å²) in [6.07, 6.45) is 5.13. The first-order valence-corrected chi connectivity index (χ1v) is 13.9. The van der Waals surface area contributed by atoms with E-state index in [1.807, 2.05) is 17.0 Å². The maximum atomic E-state index is 14.9. The van der Waals surface area contributed by atoms with Crippen LogP contribution in [0.2, 0.25) is 0 Å². The topological polar surface area (TPSA) is 124 Å². The van der Waals surface area contributed by atoms with Crippen LogP contribution in [0.3, 0.4) is 0 Å². The fraction of sp³-hybridized carbons (Fsp3) is 0.323. The third-order valence-electron chi connectivity index (χ3n) is 7.91. The zero-order valence-electron chi connectivity index (χ0n) is 23.1. The minimum absolute atomic E-state index is 0.0122. The van der Waals surface area contributed by atoms with Crippen molar-refractivity contribution in [2.24, 2.45) is 0 Å². The molecule has 2 aromatic heterocycles. The van der Waals surface area contributed by atoms with Gasteiger partial charge in [-0.15, -0.1) is 0 Å². The van der Waals surface area contributed by atoms with Gasteiger partial charge in [0.05, 0.1) is 36.1 Å². The number of aromatic nitrogens is 3. The van der Waals surface area contributed by atoms with Crippen LogP contribution in [0.1, 0.15) is 46.4 Å². The Morgan fingerprint density at radius 3 is 2.64 bits per heavy atom. The zero-order chi connectivity index (χ0) is 29.2. The minimum Gasteiger partial charge on any atom is -0.495 e. The van der Waals surface area contributed by atoms with Crippen molar-refractivity contribution in [3.05, 3.63) is 87.2 Å². The summed E-state index contributed by atoms with van der Waals surface area (Å²) in [6.45, 7) is 1.74. The molecule has 2 aromatic carbocycles. The number of benzene rings is 2. The van der Waals surface area contributed by atoms with Crippen LogP contribution in [0, 0.1) is 17.1 Å². The molecule has 1 aliphatic heterocycles. The third kappa shape index (κ3) is 5.35. The summed E-state index contributed by atoms with van der Waals surface area (Å²) in [7, 11) is 1.50. The SMILES string of the molecule is COc1cc(N2CCN(C(=O)c3cc(Cc4n[nH]c(=O)c5ccc(OC6CCC6)cc45)ccc3F)CC2)ncc1C#N. The highest BCUT2D eigenvalue weighted by atomic mass is 19.1. The van der Waals surface area contributed by atoms with Gasteiger partial charge >= 0.3 is 0 Å². The number of rotatable bonds is 7. The largest absolute Gasteiger partial charge is 0.495 e. The van der Waals surface area contributed by atoms with E-state index in [9.17, 15) is 19.2 Å². The van der Waals surface area contributed by atoms with Crippen LogP contribution in [-0.4, -0.2) is 65.4 Å². The fourth-order valence-corrected chi connectivity index (χ4v) is 5.29. The molecule has 2 aliphatic rings. The van der Waals surface area contributed by atoms with Gasteiger partial charge in [-0.2, -0.15) is 10.4 Å². The summed E-state index contributed by atoms with van der Waals surface area (Å²) >= 11 is 0. The molecule has 0 atom stereocenters. The molecule has 6 rings (SSSR count). The predicted octanol–water partition coefficient (Wildman–Crippen LogP) is 3.82. The second-order valence-electron chi connectivity index (χ2n) is 10.5. The van der Waals surface area contributed by atoms with Crippen LogP contribution in [0.25, 0.3) is 10.8 Å². The number of methoxy groups -OCH3 is 1. The molecule has 4 aromatic rings. The molecule has 2 fully saturated rings. The van der Waals surface area contributed by atoms with E-state index < -0.39 is 11.7 Å². The molecule has 10 nitrogen and oxygen atoms in total. The molecule has 1 aliphatic carbocycles. The van der Waals surface area contributed by atoms with E-state index in [0.29, 0.717) is 77.5 Å². The summed E-state index contributed by atoms with van der Waals surface area (Å²) < 4.78 is 26.3. The molecular formula is C31H29FN6O4. The highest BCUT2D eigenvalue weighted by Gasteiger charge is 2.26. The molecule has 0 radical (unpaired) electrons. The van der Waals surface area contributed by atoms with Crippen molar-refractivity contribution in [2.75, 3.05) is 38.2 Å². The Labute approximate surface area is 241 Å². The Kier molecular flexibility index (Phi) is 7.44. The lowest BCUT2D eigenvalue weighted by molar-refractivity contribution is 0.0741. The third-order valence-corrected chi connectivity index (χ3v) is 7.91. The molecule has 42 heavy (non-hydrogen) atoms. The number of fused-ring (bicyclic) bond motifs is 1. The van der Waals surface area contributed by atoms with Gasteiger partial charge in [-0.1, -0.05) is 6.07 Å². The summed E-state index contributed by atoms with van der Waals surface area (Å²) in [5, 5.41) is 17.2. The van der Waals surface area contributed by atoms with Gasteiger partial charge in [0.2, 0.25) is 0 Å². The molecule has 1 amide bonds. The van der Waals surface area contributed by atoms with Gasteiger partial charge in [-0.3, -0.25) is 9.59 Å². The van der Waals surface area contributed by atoms with Crippen molar-refractivity contribution in [3.63, 3.8) is 0 Å². The van der Waals surface area contributed by atoms with Crippen LogP contribution in [0.4, 0.5) is 10.2 Å². The van der Waals surface area contributed by atoms with E-state index in [1.54, 1.807) is 35.2 Å². The number of nitrogens with zero attached hydrogens (tertiary/aromatic N) is 5. The van der Waals surface area contributed by atoms with E-state index in [0.717, 1.165) is 19.3 Å². The predicted molar refractivity (Wildman–Crippen MR) is 153 cm³/mol. The normalized spacial score (nSPS) is 15.3. The average molecular weight is 569 g/mol. The Balaban J connectivity index is 1.18. The molecule has 3 heterocycles. The van der Waals surface area contributed by atoms with Crippen molar-refractivity contribution in [2.45, 2.75) is 31.8 Å². The number of aromatic amines is 1. The zero-order valence-corrected chi connectivity index (χ0v) is 23.1. The van der Waals surface area contributed by atoms with Crippen LogP contribution in [0.15, 0.2) is 53.5 Å². The van der Waals surface area contributed by atoms with Gasteiger partial charge in [0, 0.05) is 44.1 Å². The average Bonchev–Trinajstić information content (AvgIpc) is 3.00. The number of halogens is 1. The number of anilines is 1. The highest BCUT2D eigenvalue weighted by Crippen LogP contribution is 2.29. The lowest BCUT2D eigenvalue weighted by Crippen LogP contribution is -2.49. The van der Waals surface area contributed by atoms with Crippen molar-refractivity contribution in [3.8, 4) is 17.6 Å². The van der Waals surface area contributed by atoms with Crippen molar-refractivity contribution < 1.29 is 18.7 Å². The standard InChI is InChI=1S/C31H29FN6O4/c1-41-28-16-29(34-18-20(28)17-33)37-9-11-38(12-10-37)31(40)25-13-19(5-8-26(25)32)14-27-24-15-22(42-21-3-2-4-21)6-7-23(24)30(39)36-35-27/h5-8,13,15-16,18,21H,2-4,9-12,14H2,1H3,(H,36,39). The number of H-pyrrole nitrogens is 1. The molecule has 1 saturated carbocycles. The number of ether oxygens (including phenoxy) is 2. The second kappa shape index (κ2) is 11.5. The van der Waals surface area contributed by atoms with Crippen molar-refractivity contribution in [1.82, 2.24) is 20.1 Å². The Hall–Kier alpha value is -4.98. The quantitative estimate of drug-likeness (QED) is 0.357. The number of amides is 1. The number of piperazine rings is 1. The lowest BCUT2D eigenvalue weighted by atomic mass is 9.96. The minimum atomic E-state index is -0.597. The molecular weight excluding hydrogens is 539 g/mol. The number of carbonyl (C=O) groups is 1. The van der Waals surface area contributed by atoms with Crippen LogP contribution in [0.5, 0.6) is 11.5 Å². The Morgan fingerprint density at radius 1 is 1.12 bits per heavy atom. The second-order valence-corrected chi connectivity index (χ2v) is 10.5. The molecule has 1 N–H and O–H groups in total. The van der Waals surface area contributed by atoms with Gasteiger partial charge in [0.15, 0.2) is 0 Å².